The molecule has 1 aromatic heterocycles. The van der Waals surface area contributed by atoms with Crippen LogP contribution >= 0.6 is 11.8 Å². The molecule has 3 amide bonds. The van der Waals surface area contributed by atoms with E-state index in [4.69, 9.17) is 0 Å². The van der Waals surface area contributed by atoms with Gasteiger partial charge in [-0.05, 0) is 39.8 Å². The quantitative estimate of drug-likeness (QED) is 0.810. The molecule has 0 fully saturated rings. The summed E-state index contributed by atoms with van der Waals surface area (Å²) < 4.78 is 1.89. The summed E-state index contributed by atoms with van der Waals surface area (Å²) in [6.07, 6.45) is 0. The number of benzene rings is 1. The van der Waals surface area contributed by atoms with E-state index in [1.54, 1.807) is 13.8 Å². The number of aryl methyl sites for hydroxylation is 2. The molecule has 128 valence electrons. The number of thioether (sulfide) groups is 1. The highest BCUT2D eigenvalue weighted by atomic mass is 32.2. The fourth-order valence-electron chi connectivity index (χ4n) is 2.04. The van der Waals surface area contributed by atoms with Crippen LogP contribution in [0.5, 0.6) is 0 Å². The molecule has 0 aliphatic heterocycles. The summed E-state index contributed by atoms with van der Waals surface area (Å²) >= 11 is 1.26. The predicted molar refractivity (Wildman–Crippen MR) is 93.4 cm³/mol. The Balaban J connectivity index is 2.14. The van der Waals surface area contributed by atoms with Crippen LogP contribution in [-0.4, -0.2) is 38.5 Å². The Bertz CT molecular complexity index is 727. The minimum absolute atomic E-state index is 0.373. The van der Waals surface area contributed by atoms with Gasteiger partial charge in [0.2, 0.25) is 5.91 Å². The van der Waals surface area contributed by atoms with Crippen molar-refractivity contribution in [2.75, 3.05) is 6.54 Å². The summed E-state index contributed by atoms with van der Waals surface area (Å²) in [6.45, 7) is 7.85. The van der Waals surface area contributed by atoms with Crippen LogP contribution in [0.15, 0.2) is 29.4 Å². The number of rotatable bonds is 5. The highest BCUT2D eigenvalue weighted by Gasteiger charge is 2.21. The van der Waals surface area contributed by atoms with Crippen LogP contribution in [0.1, 0.15) is 25.2 Å². The van der Waals surface area contributed by atoms with Crippen LogP contribution in [0.25, 0.3) is 5.69 Å². The van der Waals surface area contributed by atoms with E-state index in [-0.39, 0.29) is 5.91 Å². The molecule has 2 rings (SSSR count). The summed E-state index contributed by atoms with van der Waals surface area (Å²) in [6, 6.07) is 7.49. The first-order chi connectivity index (χ1) is 11.4. The van der Waals surface area contributed by atoms with Gasteiger partial charge in [-0.3, -0.25) is 14.7 Å². The van der Waals surface area contributed by atoms with Gasteiger partial charge < -0.3 is 5.32 Å². The number of nitrogens with one attached hydrogen (secondary N) is 2. The SMILES string of the molecule is CCNC(=O)NC(=O)[C@@H](C)Sc1nnc(C)n1-c1ccc(C)cc1. The van der Waals surface area contributed by atoms with E-state index in [0.29, 0.717) is 11.7 Å². The van der Waals surface area contributed by atoms with Gasteiger partial charge in [0.05, 0.1) is 5.25 Å². The molecule has 2 N–H and O–H groups in total. The number of carbonyl (C=O) groups is 2. The Morgan fingerprint density at radius 1 is 1.21 bits per heavy atom. The minimum atomic E-state index is -0.494. The van der Waals surface area contributed by atoms with Crippen molar-refractivity contribution in [3.05, 3.63) is 35.7 Å². The van der Waals surface area contributed by atoms with Crippen molar-refractivity contribution in [3.8, 4) is 5.69 Å². The number of urea groups is 1. The number of imide groups is 1. The first kappa shape index (κ1) is 18.0. The lowest BCUT2D eigenvalue weighted by atomic mass is 10.2. The van der Waals surface area contributed by atoms with Gasteiger partial charge in [0.25, 0.3) is 0 Å². The van der Waals surface area contributed by atoms with Crippen LogP contribution in [-0.2, 0) is 4.79 Å². The van der Waals surface area contributed by atoms with Crippen LogP contribution < -0.4 is 10.6 Å². The number of amides is 3. The van der Waals surface area contributed by atoms with Gasteiger partial charge in [-0.15, -0.1) is 10.2 Å². The Morgan fingerprint density at radius 2 is 1.88 bits per heavy atom. The molecule has 1 atom stereocenters. The van der Waals surface area contributed by atoms with Crippen LogP contribution in [0.3, 0.4) is 0 Å². The van der Waals surface area contributed by atoms with E-state index in [2.05, 4.69) is 20.8 Å². The number of hydrogen-bond donors (Lipinski definition) is 2. The molecular weight excluding hydrogens is 326 g/mol. The van der Waals surface area contributed by atoms with E-state index < -0.39 is 11.3 Å². The van der Waals surface area contributed by atoms with Gasteiger partial charge in [0, 0.05) is 12.2 Å². The lowest BCUT2D eigenvalue weighted by molar-refractivity contribution is -0.119. The zero-order valence-corrected chi connectivity index (χ0v) is 15.0. The number of nitrogens with zero attached hydrogens (tertiary/aromatic N) is 3. The number of hydrogen-bond acceptors (Lipinski definition) is 5. The zero-order chi connectivity index (χ0) is 17.7. The number of aromatic nitrogens is 3. The van der Waals surface area contributed by atoms with Gasteiger partial charge >= 0.3 is 6.03 Å². The summed E-state index contributed by atoms with van der Waals surface area (Å²) in [5.74, 6) is 0.361. The average molecular weight is 347 g/mol. The smallest absolute Gasteiger partial charge is 0.321 e. The Morgan fingerprint density at radius 3 is 2.50 bits per heavy atom. The molecule has 1 aromatic carbocycles. The topological polar surface area (TPSA) is 88.9 Å². The van der Waals surface area contributed by atoms with Gasteiger partial charge in [0.1, 0.15) is 5.82 Å². The van der Waals surface area contributed by atoms with E-state index in [1.165, 1.54) is 11.8 Å². The molecule has 1 heterocycles. The molecule has 0 bridgehead atoms. The highest BCUT2D eigenvalue weighted by Crippen LogP contribution is 2.25. The maximum atomic E-state index is 12.1. The van der Waals surface area contributed by atoms with Crippen molar-refractivity contribution in [1.29, 1.82) is 0 Å². The van der Waals surface area contributed by atoms with Crippen LogP contribution in [0, 0.1) is 13.8 Å². The molecule has 0 saturated heterocycles. The molecule has 0 radical (unpaired) electrons. The molecule has 8 heteroatoms. The van der Waals surface area contributed by atoms with Crippen molar-refractivity contribution in [2.45, 2.75) is 38.1 Å². The maximum Gasteiger partial charge on any atom is 0.321 e. The van der Waals surface area contributed by atoms with Gasteiger partial charge in [-0.2, -0.15) is 0 Å². The van der Waals surface area contributed by atoms with E-state index in [1.807, 2.05) is 42.7 Å². The molecule has 0 aliphatic rings. The standard InChI is InChI=1S/C16H21N5O2S/c1-5-17-15(23)18-14(22)11(3)24-16-20-19-12(4)21(16)13-8-6-10(2)7-9-13/h6-9,11H,5H2,1-4H3,(H2,17,18,22,23)/t11-/m1/s1. The lowest BCUT2D eigenvalue weighted by Crippen LogP contribution is -2.42. The fraction of sp³-hybridized carbons (Fsp3) is 0.375. The van der Waals surface area contributed by atoms with Crippen LogP contribution in [0.2, 0.25) is 0 Å². The molecular formula is C16H21N5O2S. The molecule has 24 heavy (non-hydrogen) atoms. The Hall–Kier alpha value is -2.35. The highest BCUT2D eigenvalue weighted by molar-refractivity contribution is 8.00. The molecule has 0 saturated carbocycles. The largest absolute Gasteiger partial charge is 0.338 e. The van der Waals surface area contributed by atoms with E-state index in [9.17, 15) is 9.59 Å². The second-order valence-electron chi connectivity index (χ2n) is 5.31. The van der Waals surface area contributed by atoms with Crippen molar-refractivity contribution in [1.82, 2.24) is 25.4 Å². The third-order valence-electron chi connectivity index (χ3n) is 3.31. The average Bonchev–Trinajstić information content (AvgIpc) is 2.89. The third kappa shape index (κ3) is 4.35. The monoisotopic (exact) mass is 347 g/mol. The zero-order valence-electron chi connectivity index (χ0n) is 14.2. The lowest BCUT2D eigenvalue weighted by Gasteiger charge is -2.13. The Labute approximate surface area is 145 Å². The molecule has 0 spiro atoms. The Kier molecular flexibility index (Phi) is 5.97. The van der Waals surface area contributed by atoms with Crippen molar-refractivity contribution in [2.24, 2.45) is 0 Å². The second-order valence-corrected chi connectivity index (χ2v) is 6.62. The van der Waals surface area contributed by atoms with Crippen LogP contribution in [0.4, 0.5) is 4.79 Å². The first-order valence-corrected chi connectivity index (χ1v) is 8.54. The number of carbonyl (C=O) groups excluding carboxylic acids is 2. The summed E-state index contributed by atoms with van der Waals surface area (Å²) in [4.78, 5) is 23.5. The summed E-state index contributed by atoms with van der Waals surface area (Å²) in [5.41, 5.74) is 2.09. The predicted octanol–water partition coefficient (Wildman–Crippen LogP) is 2.21. The third-order valence-corrected chi connectivity index (χ3v) is 4.36. The van der Waals surface area contributed by atoms with E-state index >= 15 is 0 Å². The molecule has 2 aromatic rings. The second kappa shape index (κ2) is 7.96. The summed E-state index contributed by atoms with van der Waals surface area (Å²) in [5, 5.41) is 13.2. The first-order valence-electron chi connectivity index (χ1n) is 7.66. The molecule has 0 unspecified atom stereocenters. The summed E-state index contributed by atoms with van der Waals surface area (Å²) in [7, 11) is 0. The van der Waals surface area contributed by atoms with Crippen molar-refractivity contribution in [3.63, 3.8) is 0 Å². The maximum absolute atomic E-state index is 12.1. The van der Waals surface area contributed by atoms with Gasteiger partial charge in [-0.1, -0.05) is 29.5 Å². The fourth-order valence-corrected chi connectivity index (χ4v) is 2.95. The molecule has 7 nitrogen and oxygen atoms in total. The normalized spacial score (nSPS) is 11.8. The molecule has 0 aliphatic carbocycles. The van der Waals surface area contributed by atoms with Crippen molar-refractivity contribution < 1.29 is 9.59 Å². The van der Waals surface area contributed by atoms with Crippen molar-refractivity contribution >= 4 is 23.7 Å². The van der Waals surface area contributed by atoms with E-state index in [0.717, 1.165) is 17.1 Å². The van der Waals surface area contributed by atoms with Gasteiger partial charge in [-0.25, -0.2) is 4.79 Å². The van der Waals surface area contributed by atoms with Gasteiger partial charge in [0.15, 0.2) is 5.16 Å². The minimum Gasteiger partial charge on any atom is -0.338 e.